The number of aromatic nitrogens is 7. The van der Waals surface area contributed by atoms with Crippen LogP contribution in [0.15, 0.2) is 52.1 Å². The number of hydrogen-bond donors (Lipinski definition) is 0. The first-order chi connectivity index (χ1) is 18.6. The smallest absolute Gasteiger partial charge is 0.435 e. The largest absolute Gasteiger partial charge is 0.465 e. The summed E-state index contributed by atoms with van der Waals surface area (Å²) in [6.45, 7) is 1.68. The minimum Gasteiger partial charge on any atom is -0.465 e. The molecule has 0 saturated heterocycles. The summed E-state index contributed by atoms with van der Waals surface area (Å²) in [5.74, 6) is 0.612. The molecule has 0 bridgehead atoms. The monoisotopic (exact) mass is 538 g/mol. The zero-order valence-electron chi connectivity index (χ0n) is 21.2. The number of hydrogen-bond acceptors (Lipinski definition) is 7. The maximum atomic E-state index is 13.1. The Hall–Kier alpha value is -4.55. The van der Waals surface area contributed by atoms with Crippen molar-refractivity contribution in [2.75, 3.05) is 7.11 Å². The van der Waals surface area contributed by atoms with E-state index in [9.17, 15) is 18.0 Å². The first kappa shape index (κ1) is 24.8. The highest BCUT2D eigenvalue weighted by Crippen LogP contribution is 2.44. The van der Waals surface area contributed by atoms with E-state index >= 15 is 0 Å². The van der Waals surface area contributed by atoms with Gasteiger partial charge in [0, 0.05) is 11.6 Å². The molecular formula is C26H23F3N7O3+. The topological polar surface area (TPSA) is 105 Å². The molecule has 0 radical (unpaired) electrons. The van der Waals surface area contributed by atoms with E-state index in [0.717, 1.165) is 24.6 Å². The second-order valence-electron chi connectivity index (χ2n) is 9.48. The number of halogens is 3. The zero-order chi connectivity index (χ0) is 27.5. The Morgan fingerprint density at radius 3 is 2.56 bits per heavy atom. The molecule has 5 aromatic rings. The highest BCUT2D eigenvalue weighted by molar-refractivity contribution is 5.73. The molecule has 1 saturated carbocycles. The van der Waals surface area contributed by atoms with Crippen LogP contribution in [0, 0.1) is 6.92 Å². The molecule has 0 N–H and O–H groups in total. The molecule has 1 aliphatic carbocycles. The van der Waals surface area contributed by atoms with Crippen molar-refractivity contribution in [1.82, 2.24) is 29.3 Å². The molecule has 4 aromatic heterocycles. The lowest BCUT2D eigenvalue weighted by atomic mass is 10.1. The molecule has 0 spiro atoms. The molecule has 0 amide bonds. The Morgan fingerprint density at radius 1 is 1.18 bits per heavy atom. The summed E-state index contributed by atoms with van der Waals surface area (Å²) in [5, 5.41) is 3.68. The Morgan fingerprint density at radius 2 is 1.92 bits per heavy atom. The van der Waals surface area contributed by atoms with Crippen LogP contribution in [0.3, 0.4) is 0 Å². The third-order valence-electron chi connectivity index (χ3n) is 6.65. The quantitative estimate of drug-likeness (QED) is 0.304. The Bertz CT molecular complexity index is 1770. The normalized spacial score (nSPS) is 13.8. The Balaban J connectivity index is 1.36. The predicted molar refractivity (Wildman–Crippen MR) is 131 cm³/mol. The van der Waals surface area contributed by atoms with Gasteiger partial charge in [-0.05, 0) is 43.5 Å². The molecule has 0 atom stereocenters. The fourth-order valence-corrected chi connectivity index (χ4v) is 4.60. The third kappa shape index (κ3) is 4.43. The molecule has 1 aliphatic rings. The predicted octanol–water partition coefficient (Wildman–Crippen LogP) is 3.72. The van der Waals surface area contributed by atoms with Crippen LogP contribution in [-0.2, 0) is 19.8 Å². The summed E-state index contributed by atoms with van der Waals surface area (Å²) in [4.78, 5) is 26.5. The van der Waals surface area contributed by atoms with Gasteiger partial charge in [0.05, 0.1) is 32.6 Å². The van der Waals surface area contributed by atoms with Gasteiger partial charge in [-0.2, -0.15) is 18.3 Å². The van der Waals surface area contributed by atoms with E-state index in [1.54, 1.807) is 49.2 Å². The molecule has 4 heterocycles. The van der Waals surface area contributed by atoms with Gasteiger partial charge in [-0.1, -0.05) is 17.1 Å². The van der Waals surface area contributed by atoms with Crippen LogP contribution in [0.1, 0.15) is 41.4 Å². The standard InChI is InChI=1S/C26H23F3N7O3/c1-14-10-19(26(27,28)29)33-36(14)17-8-4-15(5-9-17)12-35-23-18(39-25(35)37)11-30-22(32-23)20-21(16-6-7-16)31-13-34(2)24(20)38-3/h4-5,8-11,13,16H,6-7,12H2,1-3H3/q+1. The molecule has 10 nitrogen and oxygen atoms in total. The van der Waals surface area contributed by atoms with E-state index in [2.05, 4.69) is 20.1 Å². The molecule has 39 heavy (non-hydrogen) atoms. The molecule has 0 unspecified atom stereocenters. The fraction of sp³-hybridized carbons (Fsp3) is 0.308. The second-order valence-corrected chi connectivity index (χ2v) is 9.48. The highest BCUT2D eigenvalue weighted by Gasteiger charge is 2.37. The maximum absolute atomic E-state index is 13.1. The number of benzene rings is 1. The summed E-state index contributed by atoms with van der Waals surface area (Å²) >= 11 is 0. The van der Waals surface area contributed by atoms with Gasteiger partial charge in [0.1, 0.15) is 0 Å². The van der Waals surface area contributed by atoms with Gasteiger partial charge in [-0.15, -0.1) is 0 Å². The third-order valence-corrected chi connectivity index (χ3v) is 6.65. The number of nitrogens with zero attached hydrogens (tertiary/aromatic N) is 7. The highest BCUT2D eigenvalue weighted by atomic mass is 19.4. The van der Waals surface area contributed by atoms with Gasteiger partial charge < -0.3 is 9.15 Å². The maximum Gasteiger partial charge on any atom is 0.435 e. The van der Waals surface area contributed by atoms with Crippen LogP contribution in [0.4, 0.5) is 13.2 Å². The number of alkyl halides is 3. The lowest BCUT2D eigenvalue weighted by Crippen LogP contribution is -2.32. The van der Waals surface area contributed by atoms with Gasteiger partial charge in [0.2, 0.25) is 0 Å². The van der Waals surface area contributed by atoms with Crippen molar-refractivity contribution in [3.05, 3.63) is 76.1 Å². The molecular weight excluding hydrogens is 515 g/mol. The van der Waals surface area contributed by atoms with E-state index in [4.69, 9.17) is 9.15 Å². The number of ether oxygens (including phenoxy) is 1. The Labute approximate surface area is 219 Å². The van der Waals surface area contributed by atoms with Crippen LogP contribution in [0.5, 0.6) is 5.88 Å². The van der Waals surface area contributed by atoms with Crippen LogP contribution < -0.4 is 15.1 Å². The van der Waals surface area contributed by atoms with Crippen LogP contribution >= 0.6 is 0 Å². The minimum atomic E-state index is -4.53. The summed E-state index contributed by atoms with van der Waals surface area (Å²) in [7, 11) is 3.39. The van der Waals surface area contributed by atoms with Crippen molar-refractivity contribution in [2.45, 2.75) is 38.4 Å². The lowest BCUT2D eigenvalue weighted by Gasteiger charge is -2.09. The number of fused-ring (bicyclic) bond motifs is 1. The van der Waals surface area contributed by atoms with Gasteiger partial charge >= 0.3 is 11.9 Å². The molecule has 0 aliphatic heterocycles. The number of aryl methyl sites for hydroxylation is 2. The minimum absolute atomic E-state index is 0.127. The van der Waals surface area contributed by atoms with Gasteiger partial charge in [0.25, 0.3) is 12.2 Å². The summed E-state index contributed by atoms with van der Waals surface area (Å²) in [6.07, 6.45) is 0.653. The Kier molecular flexibility index (Phi) is 5.74. The summed E-state index contributed by atoms with van der Waals surface area (Å²) < 4.78 is 54.6. The zero-order valence-corrected chi connectivity index (χ0v) is 21.2. The van der Waals surface area contributed by atoms with Crippen molar-refractivity contribution in [3.8, 4) is 23.0 Å². The van der Waals surface area contributed by atoms with Crippen molar-refractivity contribution in [3.63, 3.8) is 0 Å². The van der Waals surface area contributed by atoms with Crippen LogP contribution in [0.2, 0.25) is 0 Å². The van der Waals surface area contributed by atoms with Gasteiger partial charge in [-0.3, -0.25) is 4.57 Å². The fourth-order valence-electron chi connectivity index (χ4n) is 4.60. The number of methoxy groups -OCH3 is 1. The number of oxazole rings is 1. The van der Waals surface area contributed by atoms with E-state index in [-0.39, 0.29) is 12.1 Å². The summed E-state index contributed by atoms with van der Waals surface area (Å²) in [5.41, 5.74) is 2.62. The molecule has 13 heteroatoms. The van der Waals surface area contributed by atoms with E-state index in [1.165, 1.54) is 15.4 Å². The van der Waals surface area contributed by atoms with Crippen LogP contribution in [-0.4, -0.2) is 36.4 Å². The van der Waals surface area contributed by atoms with Crippen molar-refractivity contribution >= 4 is 11.2 Å². The molecule has 1 fully saturated rings. The first-order valence-corrected chi connectivity index (χ1v) is 12.2. The lowest BCUT2D eigenvalue weighted by molar-refractivity contribution is -0.679. The summed E-state index contributed by atoms with van der Waals surface area (Å²) in [6, 6.07) is 7.71. The SMILES string of the molecule is COc1c(-c2ncc3oc(=O)n(Cc4ccc(-n5nc(C(F)(F)F)cc5C)cc4)c3n2)c(C2CC2)nc[n+]1C. The average molecular weight is 539 g/mol. The van der Waals surface area contributed by atoms with E-state index < -0.39 is 17.6 Å². The second kappa shape index (κ2) is 9.03. The first-order valence-electron chi connectivity index (χ1n) is 12.2. The molecule has 1 aromatic carbocycles. The van der Waals surface area contributed by atoms with Crippen LogP contribution in [0.25, 0.3) is 28.3 Å². The number of rotatable bonds is 6. The molecule has 6 rings (SSSR count). The van der Waals surface area contributed by atoms with E-state index in [1.807, 2.05) is 7.05 Å². The van der Waals surface area contributed by atoms with Gasteiger partial charge in [0.15, 0.2) is 34.0 Å². The van der Waals surface area contributed by atoms with Crippen molar-refractivity contribution < 1.29 is 26.9 Å². The van der Waals surface area contributed by atoms with E-state index in [0.29, 0.717) is 45.8 Å². The molecule has 200 valence electrons. The van der Waals surface area contributed by atoms with Crippen molar-refractivity contribution in [2.24, 2.45) is 7.05 Å². The van der Waals surface area contributed by atoms with Gasteiger partial charge in [-0.25, -0.2) is 24.0 Å². The average Bonchev–Trinajstić information content (AvgIpc) is 3.60. The van der Waals surface area contributed by atoms with Crippen molar-refractivity contribution in [1.29, 1.82) is 0 Å².